The Morgan fingerprint density at radius 3 is 2.44 bits per heavy atom. The largest absolute Gasteiger partial charge is 0.480 e. The molecular weight excluding hydrogens is 280 g/mol. The molecule has 0 radical (unpaired) electrons. The topological polar surface area (TPSA) is 89.3 Å². The zero-order valence-corrected chi connectivity index (χ0v) is 11.9. The van der Waals surface area contributed by atoms with Crippen molar-refractivity contribution in [3.05, 3.63) is 16.4 Å². The number of hydrogen-bond acceptors (Lipinski definition) is 4. The maximum absolute atomic E-state index is 12.0. The molecule has 102 valence electrons. The Kier molecular flexibility index (Phi) is 4.39. The van der Waals surface area contributed by atoms with Gasteiger partial charge in [0.1, 0.15) is 0 Å². The number of carboxylic acid groups (broad SMARTS) is 1. The summed E-state index contributed by atoms with van der Waals surface area (Å²) in [5, 5.41) is 11.7. The molecule has 0 bridgehead atoms. The number of aromatic nitrogens is 2. The van der Waals surface area contributed by atoms with Gasteiger partial charge in [0, 0.05) is 7.05 Å². The van der Waals surface area contributed by atoms with Gasteiger partial charge >= 0.3 is 5.97 Å². The summed E-state index contributed by atoms with van der Waals surface area (Å²) in [6.45, 7) is 3.18. The van der Waals surface area contributed by atoms with E-state index in [1.165, 1.54) is 11.6 Å². The van der Waals surface area contributed by atoms with Crippen LogP contribution in [0.5, 0.6) is 0 Å². The molecule has 18 heavy (non-hydrogen) atoms. The van der Waals surface area contributed by atoms with Crippen molar-refractivity contribution in [2.24, 2.45) is 7.05 Å². The first kappa shape index (κ1) is 15.0. The van der Waals surface area contributed by atoms with Crippen LogP contribution in [-0.2, 0) is 27.4 Å². The van der Waals surface area contributed by atoms with Crippen LogP contribution in [0.25, 0.3) is 0 Å². The van der Waals surface area contributed by atoms with E-state index >= 15 is 0 Å². The number of sulfone groups is 1. The van der Waals surface area contributed by atoms with Gasteiger partial charge in [0.2, 0.25) is 0 Å². The Morgan fingerprint density at radius 1 is 1.56 bits per heavy atom. The second kappa shape index (κ2) is 5.27. The lowest BCUT2D eigenvalue weighted by Crippen LogP contribution is -2.31. The van der Waals surface area contributed by atoms with Crippen molar-refractivity contribution < 1.29 is 18.3 Å². The van der Waals surface area contributed by atoms with Gasteiger partial charge in [0.25, 0.3) is 0 Å². The molecule has 0 aliphatic carbocycles. The highest BCUT2D eigenvalue weighted by atomic mass is 35.5. The minimum atomic E-state index is -3.80. The summed E-state index contributed by atoms with van der Waals surface area (Å²) in [7, 11) is -2.23. The Balaban J connectivity index is 3.13. The predicted octanol–water partition coefficient (Wildman–Crippen LogP) is 1.16. The molecule has 1 heterocycles. The van der Waals surface area contributed by atoms with Crippen molar-refractivity contribution >= 4 is 27.4 Å². The lowest BCUT2D eigenvalue weighted by Gasteiger charge is -2.11. The van der Waals surface area contributed by atoms with Crippen molar-refractivity contribution in [1.82, 2.24) is 9.78 Å². The standard InChI is InChI=1S/C10H15ClN2O4S/c1-4-8(10(14)15)18(16,17)5-7-9(11)6(2)12-13(7)3/h8H,4-5H2,1-3H3,(H,14,15). The number of carbonyl (C=O) groups is 1. The Bertz CT molecular complexity index is 565. The summed E-state index contributed by atoms with van der Waals surface area (Å²) in [4.78, 5) is 10.9. The molecule has 0 aliphatic rings. The van der Waals surface area contributed by atoms with Crippen LogP contribution < -0.4 is 0 Å². The van der Waals surface area contributed by atoms with Crippen LogP contribution in [0, 0.1) is 6.92 Å². The highest BCUT2D eigenvalue weighted by molar-refractivity contribution is 7.92. The van der Waals surface area contributed by atoms with Gasteiger partial charge in [0.15, 0.2) is 15.1 Å². The fourth-order valence-electron chi connectivity index (χ4n) is 1.71. The van der Waals surface area contributed by atoms with E-state index in [2.05, 4.69) is 5.10 Å². The summed E-state index contributed by atoms with van der Waals surface area (Å²) in [6.07, 6.45) is 0.0200. The molecule has 0 fully saturated rings. The molecule has 1 aromatic heterocycles. The van der Waals surface area contributed by atoms with Gasteiger partial charge in [0.05, 0.1) is 22.2 Å². The van der Waals surface area contributed by atoms with E-state index in [0.717, 1.165) is 0 Å². The van der Waals surface area contributed by atoms with Gasteiger partial charge in [-0.15, -0.1) is 0 Å². The quantitative estimate of drug-likeness (QED) is 0.880. The van der Waals surface area contributed by atoms with Gasteiger partial charge in [-0.1, -0.05) is 18.5 Å². The first-order valence-corrected chi connectivity index (χ1v) is 7.42. The Labute approximate surface area is 110 Å². The molecule has 0 saturated heterocycles. The van der Waals surface area contributed by atoms with E-state index in [1.807, 2.05) is 0 Å². The third-order valence-electron chi connectivity index (χ3n) is 2.68. The maximum Gasteiger partial charge on any atom is 0.321 e. The number of hydrogen-bond donors (Lipinski definition) is 1. The third-order valence-corrected chi connectivity index (χ3v) is 5.25. The minimum absolute atomic E-state index is 0.0200. The smallest absolute Gasteiger partial charge is 0.321 e. The van der Waals surface area contributed by atoms with E-state index in [1.54, 1.807) is 14.0 Å². The minimum Gasteiger partial charge on any atom is -0.480 e. The molecule has 1 aromatic rings. The fraction of sp³-hybridized carbons (Fsp3) is 0.600. The number of rotatable bonds is 5. The highest BCUT2D eigenvalue weighted by Crippen LogP contribution is 2.23. The molecule has 1 N–H and O–H groups in total. The summed E-state index contributed by atoms with van der Waals surface area (Å²) < 4.78 is 25.4. The summed E-state index contributed by atoms with van der Waals surface area (Å²) in [6, 6.07) is 0. The lowest BCUT2D eigenvalue weighted by atomic mass is 10.3. The summed E-state index contributed by atoms with van der Waals surface area (Å²) in [5.74, 6) is -1.76. The van der Waals surface area contributed by atoms with E-state index in [9.17, 15) is 13.2 Å². The van der Waals surface area contributed by atoms with E-state index in [-0.39, 0.29) is 11.4 Å². The number of aryl methyl sites for hydroxylation is 2. The van der Waals surface area contributed by atoms with Crippen molar-refractivity contribution in [2.75, 3.05) is 0 Å². The predicted molar refractivity (Wildman–Crippen MR) is 67.3 cm³/mol. The average molecular weight is 295 g/mol. The van der Waals surface area contributed by atoms with E-state index in [0.29, 0.717) is 11.4 Å². The van der Waals surface area contributed by atoms with Crippen LogP contribution >= 0.6 is 11.6 Å². The van der Waals surface area contributed by atoms with Crippen molar-refractivity contribution in [3.8, 4) is 0 Å². The normalized spacial score (nSPS) is 13.6. The van der Waals surface area contributed by atoms with Crippen LogP contribution in [0.2, 0.25) is 5.02 Å². The third kappa shape index (κ3) is 2.84. The van der Waals surface area contributed by atoms with Crippen LogP contribution in [0.4, 0.5) is 0 Å². The SMILES string of the molecule is CCC(C(=O)O)S(=O)(=O)Cc1c(Cl)c(C)nn1C. The van der Waals surface area contributed by atoms with Crippen molar-refractivity contribution in [1.29, 1.82) is 0 Å². The molecule has 0 aromatic carbocycles. The zero-order chi connectivity index (χ0) is 14.1. The van der Waals surface area contributed by atoms with Crippen LogP contribution in [0.1, 0.15) is 24.7 Å². The molecule has 1 unspecified atom stereocenters. The van der Waals surface area contributed by atoms with Gasteiger partial charge in [-0.05, 0) is 13.3 Å². The molecule has 0 saturated carbocycles. The average Bonchev–Trinajstić information content (AvgIpc) is 2.44. The van der Waals surface area contributed by atoms with E-state index < -0.39 is 26.8 Å². The monoisotopic (exact) mass is 294 g/mol. The van der Waals surface area contributed by atoms with Crippen LogP contribution in [0.3, 0.4) is 0 Å². The molecule has 0 aliphatic heterocycles. The zero-order valence-electron chi connectivity index (χ0n) is 10.3. The Hall–Kier alpha value is -1.08. The second-order valence-electron chi connectivity index (χ2n) is 4.01. The second-order valence-corrected chi connectivity index (χ2v) is 6.57. The number of carboxylic acids is 1. The molecule has 1 atom stereocenters. The maximum atomic E-state index is 12.0. The molecule has 1 rings (SSSR count). The van der Waals surface area contributed by atoms with Gasteiger partial charge < -0.3 is 5.11 Å². The summed E-state index contributed by atoms with van der Waals surface area (Å²) >= 11 is 5.95. The molecule has 0 spiro atoms. The van der Waals surface area contributed by atoms with Crippen LogP contribution in [0.15, 0.2) is 0 Å². The highest BCUT2D eigenvalue weighted by Gasteiger charge is 2.32. The van der Waals surface area contributed by atoms with Gasteiger partial charge in [-0.2, -0.15) is 5.10 Å². The van der Waals surface area contributed by atoms with Crippen LogP contribution in [-0.4, -0.2) is 34.5 Å². The molecular formula is C10H15ClN2O4S. The summed E-state index contributed by atoms with van der Waals surface area (Å²) in [5.41, 5.74) is 0.835. The molecule has 6 nitrogen and oxygen atoms in total. The number of halogens is 1. The first-order chi connectivity index (χ1) is 8.20. The first-order valence-electron chi connectivity index (χ1n) is 5.33. The fourth-order valence-corrected chi connectivity index (χ4v) is 3.74. The van der Waals surface area contributed by atoms with Gasteiger partial charge in [-0.3, -0.25) is 9.48 Å². The number of aliphatic carboxylic acids is 1. The lowest BCUT2D eigenvalue weighted by molar-refractivity contribution is -0.136. The van der Waals surface area contributed by atoms with Crippen molar-refractivity contribution in [3.63, 3.8) is 0 Å². The molecule has 8 heteroatoms. The van der Waals surface area contributed by atoms with Crippen molar-refractivity contribution in [2.45, 2.75) is 31.3 Å². The van der Waals surface area contributed by atoms with E-state index in [4.69, 9.17) is 16.7 Å². The van der Waals surface area contributed by atoms with Gasteiger partial charge in [-0.25, -0.2) is 8.42 Å². The Morgan fingerprint density at radius 2 is 2.11 bits per heavy atom. The molecule has 0 amide bonds. The number of nitrogens with zero attached hydrogens (tertiary/aromatic N) is 2.